The third kappa shape index (κ3) is 8.14. The molecular formula is C9H11NO3. The van der Waals surface area contributed by atoms with Gasteiger partial charge in [-0.3, -0.25) is 9.59 Å². The zero-order valence-corrected chi connectivity index (χ0v) is 7.37. The molecule has 0 radical (unpaired) electrons. The maximum Gasteiger partial charge on any atom is 0.302 e. The highest BCUT2D eigenvalue weighted by molar-refractivity contribution is 5.92. The summed E-state index contributed by atoms with van der Waals surface area (Å²) in [5.41, 5.74) is 0. The second-order valence-electron chi connectivity index (χ2n) is 2.13. The molecule has 4 nitrogen and oxygen atoms in total. The zero-order chi connectivity index (χ0) is 10.1. The van der Waals surface area contributed by atoms with Crippen LogP contribution in [0, 0.1) is 12.3 Å². The molecule has 4 heteroatoms. The summed E-state index contributed by atoms with van der Waals surface area (Å²) < 4.78 is 4.60. The molecule has 0 saturated heterocycles. The molecule has 0 spiro atoms. The van der Waals surface area contributed by atoms with Crippen molar-refractivity contribution in [3.05, 3.63) is 12.2 Å². The van der Waals surface area contributed by atoms with E-state index in [0.29, 0.717) is 6.54 Å². The monoisotopic (exact) mass is 181 g/mol. The Kier molecular flexibility index (Phi) is 5.98. The fraction of sp³-hybridized carbons (Fsp3) is 0.333. The van der Waals surface area contributed by atoms with Crippen LogP contribution in [0.1, 0.15) is 6.92 Å². The van der Waals surface area contributed by atoms with Gasteiger partial charge < -0.3 is 10.1 Å². The van der Waals surface area contributed by atoms with Crippen molar-refractivity contribution in [2.75, 3.05) is 13.2 Å². The lowest BCUT2D eigenvalue weighted by molar-refractivity contribution is -0.139. The predicted molar refractivity (Wildman–Crippen MR) is 47.6 cm³/mol. The van der Waals surface area contributed by atoms with E-state index in [-0.39, 0.29) is 12.6 Å². The Morgan fingerprint density at radius 1 is 1.54 bits per heavy atom. The fourth-order valence-corrected chi connectivity index (χ4v) is 0.519. The van der Waals surface area contributed by atoms with Crippen molar-refractivity contribution < 1.29 is 14.3 Å². The van der Waals surface area contributed by atoms with Crippen molar-refractivity contribution >= 4 is 11.9 Å². The van der Waals surface area contributed by atoms with Crippen LogP contribution in [-0.2, 0) is 14.3 Å². The maximum absolute atomic E-state index is 10.5. The molecule has 0 fully saturated rings. The standard InChI is InChI=1S/C9H11NO3/c1-3-9(12)10-6-4-5-7-13-8(2)11/h1,4-5H,6-7H2,2H3,(H,10,12)/b5-4+. The molecule has 0 heterocycles. The van der Waals surface area contributed by atoms with E-state index in [1.165, 1.54) is 6.92 Å². The lowest BCUT2D eigenvalue weighted by Crippen LogP contribution is -2.20. The van der Waals surface area contributed by atoms with Crippen LogP contribution in [0.3, 0.4) is 0 Å². The molecular weight excluding hydrogens is 170 g/mol. The van der Waals surface area contributed by atoms with Crippen LogP contribution >= 0.6 is 0 Å². The van der Waals surface area contributed by atoms with Crippen molar-refractivity contribution in [1.29, 1.82) is 0 Å². The topological polar surface area (TPSA) is 55.4 Å². The number of rotatable bonds is 4. The highest BCUT2D eigenvalue weighted by atomic mass is 16.5. The van der Waals surface area contributed by atoms with Crippen LogP contribution in [0.2, 0.25) is 0 Å². The Hall–Kier alpha value is -1.76. The summed E-state index contributed by atoms with van der Waals surface area (Å²) >= 11 is 0. The Morgan fingerprint density at radius 3 is 2.77 bits per heavy atom. The van der Waals surface area contributed by atoms with Gasteiger partial charge in [0.15, 0.2) is 0 Å². The Bertz CT molecular complexity index is 250. The molecule has 70 valence electrons. The van der Waals surface area contributed by atoms with Gasteiger partial charge in [-0.05, 0) is 12.0 Å². The number of carbonyl (C=O) groups excluding carboxylic acids is 2. The summed E-state index contributed by atoms with van der Waals surface area (Å²) in [5, 5.41) is 2.42. The summed E-state index contributed by atoms with van der Waals surface area (Å²) in [6, 6.07) is 0. The van der Waals surface area contributed by atoms with Crippen LogP contribution < -0.4 is 5.32 Å². The van der Waals surface area contributed by atoms with Gasteiger partial charge >= 0.3 is 5.97 Å². The highest BCUT2D eigenvalue weighted by Gasteiger charge is 1.89. The fourth-order valence-electron chi connectivity index (χ4n) is 0.519. The first kappa shape index (κ1) is 11.2. The van der Waals surface area contributed by atoms with Crippen molar-refractivity contribution in [3.8, 4) is 12.3 Å². The number of esters is 1. The molecule has 0 aromatic rings. The lowest BCUT2D eigenvalue weighted by atomic mass is 10.5. The van der Waals surface area contributed by atoms with Crippen molar-refractivity contribution in [1.82, 2.24) is 5.32 Å². The SMILES string of the molecule is C#CC(=O)NC/C=C/COC(C)=O. The second-order valence-corrected chi connectivity index (χ2v) is 2.13. The smallest absolute Gasteiger partial charge is 0.302 e. The summed E-state index contributed by atoms with van der Waals surface area (Å²) in [4.78, 5) is 20.8. The Labute approximate surface area is 77.0 Å². The van der Waals surface area contributed by atoms with Gasteiger partial charge in [0, 0.05) is 13.5 Å². The number of nitrogens with one attached hydrogen (secondary N) is 1. The van der Waals surface area contributed by atoms with E-state index in [2.05, 4.69) is 10.1 Å². The third-order valence-electron chi connectivity index (χ3n) is 1.06. The molecule has 0 aliphatic carbocycles. The number of hydrogen-bond acceptors (Lipinski definition) is 3. The van der Waals surface area contributed by atoms with Gasteiger partial charge in [0.1, 0.15) is 6.61 Å². The first-order valence-corrected chi connectivity index (χ1v) is 3.69. The average Bonchev–Trinajstić information content (AvgIpc) is 2.10. The largest absolute Gasteiger partial charge is 0.462 e. The lowest BCUT2D eigenvalue weighted by Gasteiger charge is -1.95. The summed E-state index contributed by atoms with van der Waals surface area (Å²) in [6.07, 6.45) is 8.07. The van der Waals surface area contributed by atoms with Gasteiger partial charge in [-0.15, -0.1) is 6.42 Å². The number of carbonyl (C=O) groups is 2. The van der Waals surface area contributed by atoms with Crippen molar-refractivity contribution in [2.24, 2.45) is 0 Å². The molecule has 0 aliphatic rings. The molecule has 1 N–H and O–H groups in total. The van der Waals surface area contributed by atoms with Gasteiger partial charge in [-0.1, -0.05) is 6.08 Å². The zero-order valence-electron chi connectivity index (χ0n) is 7.37. The Morgan fingerprint density at radius 2 is 2.23 bits per heavy atom. The van der Waals surface area contributed by atoms with E-state index in [9.17, 15) is 9.59 Å². The molecule has 1 amide bonds. The highest BCUT2D eigenvalue weighted by Crippen LogP contribution is 1.78. The van der Waals surface area contributed by atoms with E-state index in [4.69, 9.17) is 6.42 Å². The van der Waals surface area contributed by atoms with Crippen molar-refractivity contribution in [3.63, 3.8) is 0 Å². The molecule has 0 aromatic heterocycles. The average molecular weight is 181 g/mol. The molecule has 0 aromatic carbocycles. The minimum atomic E-state index is -0.461. The van der Waals surface area contributed by atoms with Crippen LogP contribution in [0.25, 0.3) is 0 Å². The number of amides is 1. The molecule has 0 saturated carbocycles. The minimum absolute atomic E-state index is 0.210. The van der Waals surface area contributed by atoms with Gasteiger partial charge in [0.05, 0.1) is 0 Å². The van der Waals surface area contributed by atoms with E-state index < -0.39 is 5.91 Å². The van der Waals surface area contributed by atoms with E-state index in [0.717, 1.165) is 0 Å². The van der Waals surface area contributed by atoms with Gasteiger partial charge in [0.2, 0.25) is 0 Å². The molecule has 0 rings (SSSR count). The third-order valence-corrected chi connectivity index (χ3v) is 1.06. The maximum atomic E-state index is 10.5. The van der Waals surface area contributed by atoms with Gasteiger partial charge in [0.25, 0.3) is 5.91 Å². The van der Waals surface area contributed by atoms with Crippen LogP contribution in [0.15, 0.2) is 12.2 Å². The van der Waals surface area contributed by atoms with Crippen LogP contribution in [0.4, 0.5) is 0 Å². The summed E-state index contributed by atoms with van der Waals surface area (Å²) in [7, 11) is 0. The minimum Gasteiger partial charge on any atom is -0.462 e. The summed E-state index contributed by atoms with van der Waals surface area (Å²) in [6.45, 7) is 1.87. The van der Waals surface area contributed by atoms with Crippen molar-refractivity contribution in [2.45, 2.75) is 6.92 Å². The number of ether oxygens (including phenoxy) is 1. The Balaban J connectivity index is 3.38. The number of terminal acetylenes is 1. The van der Waals surface area contributed by atoms with Gasteiger partial charge in [-0.25, -0.2) is 0 Å². The molecule has 0 unspecified atom stereocenters. The first-order valence-electron chi connectivity index (χ1n) is 3.69. The molecule has 0 atom stereocenters. The normalized spacial score (nSPS) is 9.23. The molecule has 0 aliphatic heterocycles. The van der Waals surface area contributed by atoms with Crippen LogP contribution in [0.5, 0.6) is 0 Å². The van der Waals surface area contributed by atoms with E-state index >= 15 is 0 Å². The second kappa shape index (κ2) is 6.92. The van der Waals surface area contributed by atoms with E-state index in [1.807, 2.05) is 5.92 Å². The first-order chi connectivity index (χ1) is 6.16. The molecule has 13 heavy (non-hydrogen) atoms. The number of hydrogen-bond donors (Lipinski definition) is 1. The van der Waals surface area contributed by atoms with Gasteiger partial charge in [-0.2, -0.15) is 0 Å². The quantitative estimate of drug-likeness (QED) is 0.373. The molecule has 0 bridgehead atoms. The predicted octanol–water partition coefficient (Wildman–Crippen LogP) is -0.145. The van der Waals surface area contributed by atoms with E-state index in [1.54, 1.807) is 12.2 Å². The summed E-state index contributed by atoms with van der Waals surface area (Å²) in [5.74, 6) is 1.11. The van der Waals surface area contributed by atoms with Crippen LogP contribution in [-0.4, -0.2) is 25.0 Å².